The van der Waals surface area contributed by atoms with E-state index in [2.05, 4.69) is 28.6 Å². The molecule has 0 aliphatic rings. The van der Waals surface area contributed by atoms with Gasteiger partial charge in [-0.1, -0.05) is 60.9 Å². The minimum atomic E-state index is -1.31. The molecule has 2 unspecified atom stereocenters. The molecule has 2 N–H and O–H groups in total. The van der Waals surface area contributed by atoms with Crippen molar-refractivity contribution in [3.8, 4) is 5.75 Å². The summed E-state index contributed by atoms with van der Waals surface area (Å²) in [5.41, 5.74) is 2.00. The molecule has 0 spiro atoms. The standard InChI is InChI=1S/C32H43Cl2N4O6PS/c1-8-42-31(39)21(5)36-45(37-22(6)32(40)43-9-2)19-44-26-12-10-23(11-13-26)17-38-28(18-41-7)35-29(20(3)4)30(38)46-27-15-24(33)14-25(34)16-27/h10-16,20-22,36-37H,8-9,17-19H2,1-7H3. The Balaban J connectivity index is 1.80. The van der Waals surface area contributed by atoms with Crippen LogP contribution in [0, 0.1) is 0 Å². The Morgan fingerprint density at radius 1 is 0.935 bits per heavy atom. The van der Waals surface area contributed by atoms with Crippen LogP contribution in [-0.2, 0) is 37.0 Å². The largest absolute Gasteiger partial charge is 0.486 e. The number of hydrogen-bond acceptors (Lipinski definition) is 10. The summed E-state index contributed by atoms with van der Waals surface area (Å²) in [6.07, 6.45) is 0.197. The molecule has 3 aromatic rings. The average molecular weight is 714 g/mol. The van der Waals surface area contributed by atoms with Gasteiger partial charge in [-0.3, -0.25) is 19.8 Å². The van der Waals surface area contributed by atoms with Crippen LogP contribution >= 0.6 is 43.2 Å². The fourth-order valence-corrected chi connectivity index (χ4v) is 7.88. The number of aromatic nitrogens is 2. The predicted octanol–water partition coefficient (Wildman–Crippen LogP) is 7.39. The van der Waals surface area contributed by atoms with Gasteiger partial charge in [-0.15, -0.1) is 0 Å². The summed E-state index contributed by atoms with van der Waals surface area (Å²) < 4.78 is 24.0. The van der Waals surface area contributed by atoms with E-state index in [4.69, 9.17) is 47.1 Å². The lowest BCUT2D eigenvalue weighted by Gasteiger charge is -2.25. The van der Waals surface area contributed by atoms with E-state index in [9.17, 15) is 9.59 Å². The van der Waals surface area contributed by atoms with Crippen molar-refractivity contribution >= 4 is 55.1 Å². The molecule has 0 aliphatic heterocycles. The highest BCUT2D eigenvalue weighted by atomic mass is 35.5. The Bertz CT molecular complexity index is 1400. The lowest BCUT2D eigenvalue weighted by atomic mass is 10.1. The first kappa shape index (κ1) is 38.1. The third-order valence-corrected chi connectivity index (χ3v) is 9.82. The summed E-state index contributed by atoms with van der Waals surface area (Å²) in [7, 11) is 0.342. The zero-order chi connectivity index (χ0) is 33.8. The number of rotatable bonds is 18. The van der Waals surface area contributed by atoms with Crippen molar-refractivity contribution in [1.29, 1.82) is 0 Å². The molecule has 2 atom stereocenters. The Hall–Kier alpha value is -2.37. The predicted molar refractivity (Wildman–Crippen MR) is 184 cm³/mol. The monoisotopic (exact) mass is 712 g/mol. The van der Waals surface area contributed by atoms with E-state index in [1.165, 1.54) is 0 Å². The quantitative estimate of drug-likeness (QED) is 0.102. The van der Waals surface area contributed by atoms with Gasteiger partial charge in [0.05, 0.1) is 27.1 Å². The normalized spacial score (nSPS) is 13.3. The first-order valence-electron chi connectivity index (χ1n) is 15.0. The van der Waals surface area contributed by atoms with Gasteiger partial charge in [0.25, 0.3) is 0 Å². The number of hydrogen-bond donors (Lipinski definition) is 2. The molecule has 0 saturated carbocycles. The minimum absolute atomic E-state index is 0.181. The SMILES string of the molecule is CCOC(=O)C(C)NP(COc1ccc(Cn2c(COC)nc(C(C)C)c2Sc2cc(Cl)cc(Cl)c2)cc1)NC(C)C(=O)OCC. The molecule has 0 bridgehead atoms. The van der Waals surface area contributed by atoms with Crippen molar-refractivity contribution in [2.45, 2.75) is 82.6 Å². The van der Waals surface area contributed by atoms with Crippen LogP contribution in [0.2, 0.25) is 10.0 Å². The van der Waals surface area contributed by atoms with Crippen LogP contribution in [0.25, 0.3) is 0 Å². The molecule has 1 aromatic heterocycles. The van der Waals surface area contributed by atoms with E-state index >= 15 is 0 Å². The highest BCUT2D eigenvalue weighted by Gasteiger charge is 2.25. The lowest BCUT2D eigenvalue weighted by molar-refractivity contribution is -0.145. The zero-order valence-corrected chi connectivity index (χ0v) is 30.5. The van der Waals surface area contributed by atoms with E-state index in [1.807, 2.05) is 36.4 Å². The van der Waals surface area contributed by atoms with Crippen molar-refractivity contribution < 1.29 is 28.5 Å². The fourth-order valence-electron chi connectivity index (χ4n) is 4.32. The maximum atomic E-state index is 12.3. The van der Waals surface area contributed by atoms with Crippen LogP contribution in [-0.4, -0.2) is 60.2 Å². The van der Waals surface area contributed by atoms with E-state index in [1.54, 1.807) is 52.6 Å². The van der Waals surface area contributed by atoms with Crippen LogP contribution in [0.4, 0.5) is 0 Å². The molecular formula is C32H43Cl2N4O6PS. The smallest absolute Gasteiger partial charge is 0.323 e. The Morgan fingerprint density at radius 2 is 1.50 bits per heavy atom. The summed E-state index contributed by atoms with van der Waals surface area (Å²) in [6.45, 7) is 12.6. The number of methoxy groups -OCH3 is 1. The number of nitrogens with zero attached hydrogens (tertiary/aromatic N) is 2. The number of ether oxygens (including phenoxy) is 4. The molecule has 3 rings (SSSR count). The van der Waals surface area contributed by atoms with Crippen LogP contribution < -0.4 is 14.9 Å². The van der Waals surface area contributed by atoms with Crippen molar-refractivity contribution in [1.82, 2.24) is 19.7 Å². The summed E-state index contributed by atoms with van der Waals surface area (Å²) in [5.74, 6) is 0.875. The third kappa shape index (κ3) is 11.4. The lowest BCUT2D eigenvalue weighted by Crippen LogP contribution is -2.41. The molecular weight excluding hydrogens is 670 g/mol. The first-order chi connectivity index (χ1) is 21.9. The topological polar surface area (TPSA) is 113 Å². The number of nitrogens with one attached hydrogen (secondary N) is 2. The van der Waals surface area contributed by atoms with E-state index in [0.29, 0.717) is 28.9 Å². The number of halogens is 2. The maximum absolute atomic E-state index is 12.3. The molecule has 0 fully saturated rings. The Labute approximate surface area is 287 Å². The van der Waals surface area contributed by atoms with Gasteiger partial charge in [-0.05, 0) is 69.5 Å². The van der Waals surface area contributed by atoms with Crippen LogP contribution in [0.5, 0.6) is 5.75 Å². The second-order valence-electron chi connectivity index (χ2n) is 10.7. The van der Waals surface area contributed by atoms with Crippen LogP contribution in [0.3, 0.4) is 0 Å². The summed E-state index contributed by atoms with van der Waals surface area (Å²) in [4.78, 5) is 30.4. The highest BCUT2D eigenvalue weighted by molar-refractivity contribution is 7.99. The summed E-state index contributed by atoms with van der Waals surface area (Å²) in [5, 5.41) is 8.56. The second-order valence-corrected chi connectivity index (χ2v) is 14.2. The molecule has 252 valence electrons. The molecule has 1 heterocycles. The molecule has 2 aromatic carbocycles. The van der Waals surface area contributed by atoms with Crippen molar-refractivity contribution in [3.05, 3.63) is 69.6 Å². The Kier molecular flexibility index (Phi) is 15.6. The number of esters is 2. The summed E-state index contributed by atoms with van der Waals surface area (Å²) >= 11 is 14.2. The highest BCUT2D eigenvalue weighted by Crippen LogP contribution is 2.38. The number of imidazole rings is 1. The number of carbonyl (C=O) groups is 2. The zero-order valence-electron chi connectivity index (χ0n) is 27.3. The van der Waals surface area contributed by atoms with Gasteiger partial charge in [0.1, 0.15) is 41.6 Å². The van der Waals surface area contributed by atoms with Crippen LogP contribution in [0.15, 0.2) is 52.4 Å². The molecule has 14 heteroatoms. The van der Waals surface area contributed by atoms with Gasteiger partial charge in [-0.25, -0.2) is 4.98 Å². The molecule has 0 amide bonds. The molecule has 0 radical (unpaired) electrons. The summed E-state index contributed by atoms with van der Waals surface area (Å²) in [6, 6.07) is 12.1. The first-order valence-corrected chi connectivity index (χ1v) is 18.1. The van der Waals surface area contributed by atoms with Gasteiger partial charge in [0, 0.05) is 28.6 Å². The van der Waals surface area contributed by atoms with Gasteiger partial charge in [0.2, 0.25) is 0 Å². The molecule has 0 aliphatic carbocycles. The van der Waals surface area contributed by atoms with E-state index in [0.717, 1.165) is 27.0 Å². The van der Waals surface area contributed by atoms with E-state index < -0.39 is 20.3 Å². The number of carbonyl (C=O) groups excluding carboxylic acids is 2. The molecule has 10 nitrogen and oxygen atoms in total. The van der Waals surface area contributed by atoms with E-state index in [-0.39, 0.29) is 37.4 Å². The molecule has 0 saturated heterocycles. The number of benzene rings is 2. The average Bonchev–Trinajstić information content (AvgIpc) is 3.32. The Morgan fingerprint density at radius 3 is 2.00 bits per heavy atom. The van der Waals surface area contributed by atoms with Crippen molar-refractivity contribution in [2.24, 2.45) is 0 Å². The van der Waals surface area contributed by atoms with Gasteiger partial charge < -0.3 is 23.5 Å². The minimum Gasteiger partial charge on any atom is -0.486 e. The third-order valence-electron chi connectivity index (χ3n) is 6.50. The van der Waals surface area contributed by atoms with Gasteiger partial charge in [0.15, 0.2) is 0 Å². The van der Waals surface area contributed by atoms with Gasteiger partial charge >= 0.3 is 11.9 Å². The van der Waals surface area contributed by atoms with Crippen molar-refractivity contribution in [2.75, 3.05) is 26.7 Å². The molecule has 46 heavy (non-hydrogen) atoms. The van der Waals surface area contributed by atoms with Gasteiger partial charge in [-0.2, -0.15) is 0 Å². The van der Waals surface area contributed by atoms with Crippen molar-refractivity contribution in [3.63, 3.8) is 0 Å². The van der Waals surface area contributed by atoms with Crippen LogP contribution in [0.1, 0.15) is 64.5 Å². The fraction of sp³-hybridized carbons (Fsp3) is 0.469. The maximum Gasteiger partial charge on any atom is 0.323 e. The second kappa shape index (κ2) is 18.8.